The highest BCUT2D eigenvalue weighted by atomic mass is 16.3. The van der Waals surface area contributed by atoms with Crippen molar-refractivity contribution in [1.82, 2.24) is 20.0 Å². The van der Waals surface area contributed by atoms with Crippen molar-refractivity contribution in [3.8, 4) is 0 Å². The van der Waals surface area contributed by atoms with Crippen molar-refractivity contribution in [3.05, 3.63) is 24.2 Å². The molecule has 3 rings (SSSR count). The van der Waals surface area contributed by atoms with Gasteiger partial charge in [0.1, 0.15) is 6.26 Å². The number of amides is 2. The Labute approximate surface area is 136 Å². The average Bonchev–Trinajstić information content (AvgIpc) is 3.19. The molecule has 2 aliphatic heterocycles. The standard InChI is InChI=1S/C16H24N4O3/c1-18-7-9-19(10-8-18)14-2-5-20(16(14)22)6-4-17-15(21)13-3-11-23-12-13/h3,11-12,14H,2,4-10H2,1H3,(H,17,21). The van der Waals surface area contributed by atoms with Gasteiger partial charge in [-0.05, 0) is 19.5 Å². The van der Waals surface area contributed by atoms with Gasteiger partial charge in [0.15, 0.2) is 0 Å². The van der Waals surface area contributed by atoms with Crippen molar-refractivity contribution in [3.63, 3.8) is 0 Å². The van der Waals surface area contributed by atoms with Crippen LogP contribution >= 0.6 is 0 Å². The Morgan fingerprint density at radius 1 is 1.30 bits per heavy atom. The minimum absolute atomic E-state index is 0.0216. The van der Waals surface area contributed by atoms with E-state index in [1.54, 1.807) is 6.07 Å². The second kappa shape index (κ2) is 7.14. The smallest absolute Gasteiger partial charge is 0.254 e. The molecule has 0 aliphatic carbocycles. The topological polar surface area (TPSA) is 69.0 Å². The van der Waals surface area contributed by atoms with Crippen LogP contribution in [-0.4, -0.2) is 85.4 Å². The molecular formula is C16H24N4O3. The van der Waals surface area contributed by atoms with E-state index in [4.69, 9.17) is 4.42 Å². The third-order valence-electron chi connectivity index (χ3n) is 4.70. The van der Waals surface area contributed by atoms with Gasteiger partial charge in [0.05, 0.1) is 17.9 Å². The Kier molecular flexibility index (Phi) is 4.97. The van der Waals surface area contributed by atoms with Gasteiger partial charge in [-0.2, -0.15) is 0 Å². The molecule has 1 N–H and O–H groups in total. The van der Waals surface area contributed by atoms with Gasteiger partial charge in [0, 0.05) is 45.8 Å². The third kappa shape index (κ3) is 3.73. The van der Waals surface area contributed by atoms with Crippen molar-refractivity contribution in [1.29, 1.82) is 0 Å². The van der Waals surface area contributed by atoms with E-state index in [1.807, 2.05) is 4.90 Å². The molecule has 0 radical (unpaired) electrons. The summed E-state index contributed by atoms with van der Waals surface area (Å²) in [6.45, 7) is 5.75. The number of hydrogen-bond acceptors (Lipinski definition) is 5. The Balaban J connectivity index is 1.43. The first-order chi connectivity index (χ1) is 11.1. The molecule has 23 heavy (non-hydrogen) atoms. The number of rotatable bonds is 5. The van der Waals surface area contributed by atoms with Crippen LogP contribution in [0.4, 0.5) is 0 Å². The van der Waals surface area contributed by atoms with Crippen LogP contribution in [0, 0.1) is 0 Å². The van der Waals surface area contributed by atoms with E-state index in [-0.39, 0.29) is 17.9 Å². The Bertz CT molecular complexity index is 538. The van der Waals surface area contributed by atoms with Crippen molar-refractivity contribution in [2.24, 2.45) is 0 Å². The van der Waals surface area contributed by atoms with Crippen LogP contribution in [0.2, 0.25) is 0 Å². The minimum Gasteiger partial charge on any atom is -0.472 e. The molecule has 2 fully saturated rings. The lowest BCUT2D eigenvalue weighted by atomic mass is 10.2. The summed E-state index contributed by atoms with van der Waals surface area (Å²) in [7, 11) is 2.11. The highest BCUT2D eigenvalue weighted by Crippen LogP contribution is 2.18. The van der Waals surface area contributed by atoms with Gasteiger partial charge in [-0.15, -0.1) is 0 Å². The number of piperazine rings is 1. The fraction of sp³-hybridized carbons (Fsp3) is 0.625. The first kappa shape index (κ1) is 16.0. The number of furan rings is 1. The van der Waals surface area contributed by atoms with Crippen LogP contribution < -0.4 is 5.32 Å². The Hall–Kier alpha value is -1.86. The first-order valence-corrected chi connectivity index (χ1v) is 8.17. The molecule has 1 atom stereocenters. The molecule has 1 aromatic rings. The van der Waals surface area contributed by atoms with Gasteiger partial charge in [-0.25, -0.2) is 0 Å². The minimum atomic E-state index is -0.166. The average molecular weight is 320 g/mol. The third-order valence-corrected chi connectivity index (χ3v) is 4.70. The summed E-state index contributed by atoms with van der Waals surface area (Å²) in [6, 6.07) is 1.65. The van der Waals surface area contributed by atoms with Crippen LogP contribution in [0.25, 0.3) is 0 Å². The maximum absolute atomic E-state index is 12.5. The zero-order valence-electron chi connectivity index (χ0n) is 13.5. The van der Waals surface area contributed by atoms with Gasteiger partial charge in [0.25, 0.3) is 5.91 Å². The second-order valence-corrected chi connectivity index (χ2v) is 6.24. The lowest BCUT2D eigenvalue weighted by Gasteiger charge is -2.35. The molecule has 3 heterocycles. The Morgan fingerprint density at radius 2 is 2.09 bits per heavy atom. The number of hydrogen-bond donors (Lipinski definition) is 1. The summed E-state index contributed by atoms with van der Waals surface area (Å²) in [6.07, 6.45) is 3.78. The molecule has 0 bridgehead atoms. The van der Waals surface area contributed by atoms with E-state index in [0.717, 1.165) is 39.1 Å². The van der Waals surface area contributed by atoms with Gasteiger partial charge in [-0.3, -0.25) is 14.5 Å². The quantitative estimate of drug-likeness (QED) is 0.818. The van der Waals surface area contributed by atoms with Crippen LogP contribution in [-0.2, 0) is 4.79 Å². The molecule has 2 aliphatic rings. The lowest BCUT2D eigenvalue weighted by molar-refractivity contribution is -0.132. The highest BCUT2D eigenvalue weighted by Gasteiger charge is 2.36. The van der Waals surface area contributed by atoms with E-state index < -0.39 is 0 Å². The zero-order chi connectivity index (χ0) is 16.2. The largest absolute Gasteiger partial charge is 0.472 e. The summed E-state index contributed by atoms with van der Waals surface area (Å²) in [5.41, 5.74) is 0.507. The molecule has 0 saturated carbocycles. The van der Waals surface area contributed by atoms with Crippen molar-refractivity contribution in [2.45, 2.75) is 12.5 Å². The fourth-order valence-corrected chi connectivity index (χ4v) is 3.22. The summed E-state index contributed by atoms with van der Waals surface area (Å²) < 4.78 is 4.89. The maximum atomic E-state index is 12.5. The van der Waals surface area contributed by atoms with Gasteiger partial charge in [0.2, 0.25) is 5.91 Å². The number of nitrogens with one attached hydrogen (secondary N) is 1. The number of likely N-dealkylation sites (tertiary alicyclic amines) is 1. The molecule has 126 valence electrons. The van der Waals surface area contributed by atoms with E-state index in [9.17, 15) is 9.59 Å². The molecule has 7 nitrogen and oxygen atoms in total. The number of carbonyl (C=O) groups excluding carboxylic acids is 2. The summed E-state index contributed by atoms with van der Waals surface area (Å²) in [4.78, 5) is 30.8. The molecular weight excluding hydrogens is 296 g/mol. The van der Waals surface area contributed by atoms with E-state index >= 15 is 0 Å². The summed E-state index contributed by atoms with van der Waals surface area (Å²) >= 11 is 0. The zero-order valence-corrected chi connectivity index (χ0v) is 13.5. The molecule has 7 heteroatoms. The van der Waals surface area contributed by atoms with Crippen LogP contribution in [0.1, 0.15) is 16.8 Å². The van der Waals surface area contributed by atoms with E-state index in [2.05, 4.69) is 22.2 Å². The first-order valence-electron chi connectivity index (χ1n) is 8.17. The predicted molar refractivity (Wildman–Crippen MR) is 85.1 cm³/mol. The molecule has 1 aromatic heterocycles. The molecule has 0 aromatic carbocycles. The predicted octanol–water partition coefficient (Wildman–Crippen LogP) is -0.142. The van der Waals surface area contributed by atoms with Gasteiger partial charge >= 0.3 is 0 Å². The van der Waals surface area contributed by atoms with Crippen molar-refractivity contribution in [2.75, 3.05) is 52.9 Å². The van der Waals surface area contributed by atoms with Gasteiger partial charge < -0.3 is 19.5 Å². The highest BCUT2D eigenvalue weighted by molar-refractivity contribution is 5.93. The fourth-order valence-electron chi connectivity index (χ4n) is 3.22. The molecule has 0 spiro atoms. The number of likely N-dealkylation sites (N-methyl/N-ethyl adjacent to an activating group) is 1. The molecule has 2 saturated heterocycles. The normalized spacial score (nSPS) is 23.4. The molecule has 1 unspecified atom stereocenters. The SMILES string of the molecule is CN1CCN(C2CCN(CCNC(=O)c3ccoc3)C2=O)CC1. The lowest BCUT2D eigenvalue weighted by Crippen LogP contribution is -2.51. The van der Waals surface area contributed by atoms with Crippen LogP contribution in [0.15, 0.2) is 23.0 Å². The van der Waals surface area contributed by atoms with Crippen molar-refractivity contribution < 1.29 is 14.0 Å². The van der Waals surface area contributed by atoms with Crippen molar-refractivity contribution >= 4 is 11.8 Å². The van der Waals surface area contributed by atoms with Crippen LogP contribution in [0.5, 0.6) is 0 Å². The van der Waals surface area contributed by atoms with E-state index in [1.165, 1.54) is 12.5 Å². The summed E-state index contributed by atoms with van der Waals surface area (Å²) in [5.74, 6) is 0.0353. The number of nitrogens with zero attached hydrogens (tertiary/aromatic N) is 3. The number of carbonyl (C=O) groups is 2. The Morgan fingerprint density at radius 3 is 2.78 bits per heavy atom. The van der Waals surface area contributed by atoms with E-state index in [0.29, 0.717) is 18.7 Å². The van der Waals surface area contributed by atoms with Gasteiger partial charge in [-0.1, -0.05) is 0 Å². The summed E-state index contributed by atoms with van der Waals surface area (Å²) in [5, 5.41) is 2.82. The second-order valence-electron chi connectivity index (χ2n) is 6.24. The monoisotopic (exact) mass is 320 g/mol. The van der Waals surface area contributed by atoms with Crippen LogP contribution in [0.3, 0.4) is 0 Å². The maximum Gasteiger partial charge on any atom is 0.254 e. The molecule has 2 amide bonds.